The molecule has 1 aromatic rings. The summed E-state index contributed by atoms with van der Waals surface area (Å²) in [6, 6.07) is 0.940. The molecule has 2 heterocycles. The number of anilines is 2. The molecule has 1 N–H and O–H groups in total. The summed E-state index contributed by atoms with van der Waals surface area (Å²) in [7, 11) is -0.889. The van der Waals surface area contributed by atoms with Gasteiger partial charge in [0.15, 0.2) is 5.69 Å². The van der Waals surface area contributed by atoms with Gasteiger partial charge >= 0.3 is 6.18 Å². The molecule has 1 aliphatic rings. The summed E-state index contributed by atoms with van der Waals surface area (Å²) in [5.41, 5.74) is -0.967. The molecule has 5 nitrogen and oxygen atoms in total. The van der Waals surface area contributed by atoms with Gasteiger partial charge in [-0.1, -0.05) is 0 Å². The van der Waals surface area contributed by atoms with Crippen LogP contribution in [0.2, 0.25) is 0 Å². The third kappa shape index (κ3) is 3.59. The van der Waals surface area contributed by atoms with E-state index in [1.54, 1.807) is 11.8 Å². The van der Waals surface area contributed by atoms with Crippen molar-refractivity contribution in [3.8, 4) is 0 Å². The minimum absolute atomic E-state index is 0.0379. The molecular weight excluding hydrogens is 293 g/mol. The molecule has 0 unspecified atom stereocenters. The van der Waals surface area contributed by atoms with Crippen LogP contribution in [-0.2, 0) is 17.0 Å². The molecule has 1 fully saturated rings. The van der Waals surface area contributed by atoms with Gasteiger partial charge in [0.05, 0.1) is 0 Å². The van der Waals surface area contributed by atoms with Crippen molar-refractivity contribution in [2.24, 2.45) is 0 Å². The fourth-order valence-electron chi connectivity index (χ4n) is 1.85. The minimum Gasteiger partial charge on any atom is -0.355 e. The maximum atomic E-state index is 12.8. The quantitative estimate of drug-likeness (QED) is 0.917. The highest BCUT2D eigenvalue weighted by Gasteiger charge is 2.34. The topological polar surface area (TPSA) is 58.1 Å². The zero-order valence-corrected chi connectivity index (χ0v) is 11.7. The molecule has 9 heteroatoms. The lowest BCUT2D eigenvalue weighted by molar-refractivity contribution is -0.141. The van der Waals surface area contributed by atoms with Crippen LogP contribution in [0.1, 0.15) is 12.6 Å². The first-order valence-corrected chi connectivity index (χ1v) is 7.69. The van der Waals surface area contributed by atoms with Crippen molar-refractivity contribution >= 4 is 22.6 Å². The monoisotopic (exact) mass is 308 g/mol. The van der Waals surface area contributed by atoms with Gasteiger partial charge in [0, 0.05) is 48.0 Å². The van der Waals surface area contributed by atoms with Crippen molar-refractivity contribution in [3.05, 3.63) is 11.8 Å². The van der Waals surface area contributed by atoms with E-state index >= 15 is 0 Å². The highest BCUT2D eigenvalue weighted by molar-refractivity contribution is 7.85. The normalized spacial score (nSPS) is 17.3. The highest BCUT2D eigenvalue weighted by Crippen LogP contribution is 2.30. The Balaban J connectivity index is 2.31. The number of halogens is 3. The molecule has 1 saturated heterocycles. The third-order valence-electron chi connectivity index (χ3n) is 2.84. The van der Waals surface area contributed by atoms with Crippen molar-refractivity contribution in [2.75, 3.05) is 41.4 Å². The van der Waals surface area contributed by atoms with Gasteiger partial charge in [-0.2, -0.15) is 18.2 Å². The smallest absolute Gasteiger partial charge is 0.355 e. The molecule has 112 valence electrons. The maximum Gasteiger partial charge on any atom is 0.433 e. The molecule has 2 rings (SSSR count). The summed E-state index contributed by atoms with van der Waals surface area (Å²) in [6.07, 6.45) is -4.51. The van der Waals surface area contributed by atoms with Gasteiger partial charge in [-0.05, 0) is 6.92 Å². The minimum atomic E-state index is -4.51. The van der Waals surface area contributed by atoms with Gasteiger partial charge in [0.25, 0.3) is 0 Å². The number of hydrogen-bond acceptors (Lipinski definition) is 5. The Bertz CT molecular complexity index is 499. The Hall–Kier alpha value is -1.38. The third-order valence-corrected chi connectivity index (χ3v) is 4.12. The number of hydrogen-bond donors (Lipinski definition) is 1. The van der Waals surface area contributed by atoms with Crippen LogP contribution in [0.25, 0.3) is 0 Å². The molecule has 0 aliphatic carbocycles. The first-order valence-electron chi connectivity index (χ1n) is 6.20. The maximum absolute atomic E-state index is 12.8. The Morgan fingerprint density at radius 2 is 2.00 bits per heavy atom. The number of alkyl halides is 3. The molecule has 0 amide bonds. The second-order valence-electron chi connectivity index (χ2n) is 4.30. The molecule has 0 spiro atoms. The summed E-state index contributed by atoms with van der Waals surface area (Å²) >= 11 is 0. The van der Waals surface area contributed by atoms with Gasteiger partial charge < -0.3 is 10.2 Å². The number of aromatic nitrogens is 2. The van der Waals surface area contributed by atoms with Crippen LogP contribution in [0.4, 0.5) is 24.9 Å². The van der Waals surface area contributed by atoms with Gasteiger partial charge in [0.2, 0.25) is 5.95 Å². The van der Waals surface area contributed by atoms with E-state index in [0.29, 0.717) is 31.1 Å². The largest absolute Gasteiger partial charge is 0.433 e. The van der Waals surface area contributed by atoms with Crippen molar-refractivity contribution in [2.45, 2.75) is 13.1 Å². The molecule has 20 heavy (non-hydrogen) atoms. The first kappa shape index (κ1) is 15.0. The van der Waals surface area contributed by atoms with Crippen LogP contribution in [0.3, 0.4) is 0 Å². The zero-order valence-electron chi connectivity index (χ0n) is 10.9. The molecule has 1 aliphatic heterocycles. The SMILES string of the molecule is CCNc1nc(N2CCS(=O)CC2)cc(C(F)(F)F)n1. The predicted octanol–water partition coefficient (Wildman–Crippen LogP) is 1.50. The fourth-order valence-corrected chi connectivity index (χ4v) is 2.90. The number of nitrogens with one attached hydrogen (secondary N) is 1. The molecule has 0 aromatic carbocycles. The average Bonchev–Trinajstić information content (AvgIpc) is 2.38. The average molecular weight is 308 g/mol. The second kappa shape index (κ2) is 5.94. The Morgan fingerprint density at radius 1 is 1.35 bits per heavy atom. The lowest BCUT2D eigenvalue weighted by Crippen LogP contribution is -2.38. The Labute approximate surface area is 117 Å². The molecule has 0 atom stereocenters. The van der Waals surface area contributed by atoms with E-state index in [-0.39, 0.29) is 11.8 Å². The van der Waals surface area contributed by atoms with Crippen molar-refractivity contribution in [3.63, 3.8) is 0 Å². The van der Waals surface area contributed by atoms with Gasteiger partial charge in [-0.25, -0.2) is 4.98 Å². The molecule has 0 radical (unpaired) electrons. The van der Waals surface area contributed by atoms with E-state index in [2.05, 4.69) is 15.3 Å². The zero-order chi connectivity index (χ0) is 14.8. The molecule has 1 aromatic heterocycles. The van der Waals surface area contributed by atoms with Gasteiger partial charge in [-0.3, -0.25) is 4.21 Å². The number of rotatable bonds is 3. The fraction of sp³-hybridized carbons (Fsp3) is 0.636. The van der Waals surface area contributed by atoms with Crippen LogP contribution in [0, 0.1) is 0 Å². The van der Waals surface area contributed by atoms with Gasteiger partial charge in [-0.15, -0.1) is 0 Å². The highest BCUT2D eigenvalue weighted by atomic mass is 32.2. The van der Waals surface area contributed by atoms with Crippen LogP contribution in [0.5, 0.6) is 0 Å². The van der Waals surface area contributed by atoms with E-state index in [9.17, 15) is 17.4 Å². The van der Waals surface area contributed by atoms with E-state index < -0.39 is 22.7 Å². The van der Waals surface area contributed by atoms with Crippen LogP contribution in [0.15, 0.2) is 6.07 Å². The van der Waals surface area contributed by atoms with Crippen molar-refractivity contribution < 1.29 is 17.4 Å². The van der Waals surface area contributed by atoms with Crippen molar-refractivity contribution in [1.82, 2.24) is 9.97 Å². The Kier molecular flexibility index (Phi) is 4.46. The van der Waals surface area contributed by atoms with Crippen molar-refractivity contribution in [1.29, 1.82) is 0 Å². The standard InChI is InChI=1S/C11H15F3N4OS/c1-2-15-10-16-8(11(12,13)14)7-9(17-10)18-3-5-20(19)6-4-18/h7H,2-6H2,1H3,(H,15,16,17). The summed E-state index contributed by atoms with van der Waals surface area (Å²) in [5.74, 6) is 1.08. The Morgan fingerprint density at radius 3 is 2.55 bits per heavy atom. The van der Waals surface area contributed by atoms with E-state index in [1.165, 1.54) is 0 Å². The predicted molar refractivity (Wildman–Crippen MR) is 71.3 cm³/mol. The van der Waals surface area contributed by atoms with E-state index in [4.69, 9.17) is 0 Å². The lowest BCUT2D eigenvalue weighted by atomic mass is 10.3. The van der Waals surface area contributed by atoms with E-state index in [1.807, 2.05) is 0 Å². The molecule has 0 saturated carbocycles. The summed E-state index contributed by atoms with van der Waals surface area (Å²) in [5, 5.41) is 2.70. The van der Waals surface area contributed by atoms with Crippen LogP contribution in [-0.4, -0.2) is 45.3 Å². The summed E-state index contributed by atoms with van der Waals surface area (Å²) < 4.78 is 49.8. The molecule has 0 bridgehead atoms. The summed E-state index contributed by atoms with van der Waals surface area (Å²) in [4.78, 5) is 9.27. The first-order chi connectivity index (χ1) is 9.40. The van der Waals surface area contributed by atoms with Gasteiger partial charge in [0.1, 0.15) is 5.82 Å². The molecular formula is C11H15F3N4OS. The van der Waals surface area contributed by atoms with Crippen LogP contribution >= 0.6 is 0 Å². The van der Waals surface area contributed by atoms with E-state index in [0.717, 1.165) is 6.07 Å². The second-order valence-corrected chi connectivity index (χ2v) is 5.99. The lowest BCUT2D eigenvalue weighted by Gasteiger charge is -2.28. The number of nitrogens with zero attached hydrogens (tertiary/aromatic N) is 3. The van der Waals surface area contributed by atoms with Crippen LogP contribution < -0.4 is 10.2 Å². The summed E-state index contributed by atoms with van der Waals surface area (Å²) in [6.45, 7) is 3.07.